The van der Waals surface area contributed by atoms with Crippen LogP contribution in [0.3, 0.4) is 0 Å². The molecule has 8 aromatic carbocycles. The minimum absolute atomic E-state index is 0.528. The van der Waals surface area contributed by atoms with E-state index in [1.54, 1.807) is 0 Å². The van der Waals surface area contributed by atoms with Gasteiger partial charge in [-0.05, 0) is 67.3 Å². The fourth-order valence-corrected chi connectivity index (χ4v) is 14.8. The number of thiophene rings is 1. The van der Waals surface area contributed by atoms with Gasteiger partial charge < -0.3 is 4.74 Å². The van der Waals surface area contributed by atoms with Gasteiger partial charge in [-0.15, -0.1) is 11.3 Å². The first-order valence-electron chi connectivity index (χ1n) is 18.7. The molecule has 10 aromatic rings. The lowest BCUT2D eigenvalue weighted by atomic mass is 10.0. The molecule has 0 aliphatic carbocycles. The van der Waals surface area contributed by atoms with Gasteiger partial charge in [0.2, 0.25) is 0 Å². The topological polar surface area (TPSA) is 27.1 Å². The molecule has 0 radical (unpaired) electrons. The summed E-state index contributed by atoms with van der Waals surface area (Å²) in [6.45, 7) is 0.528. The molecule has 0 saturated heterocycles. The third-order valence-corrected chi connectivity index (χ3v) is 17.2. The van der Waals surface area contributed by atoms with E-state index in [0.717, 1.165) is 22.3 Å². The third kappa shape index (κ3) is 5.04. The Labute approximate surface area is 324 Å². The molecule has 11 rings (SSSR count). The van der Waals surface area contributed by atoms with Crippen molar-refractivity contribution in [2.75, 3.05) is 0 Å². The van der Waals surface area contributed by atoms with E-state index in [2.05, 4.69) is 199 Å². The molecule has 0 unspecified atom stereocenters. The van der Waals surface area contributed by atoms with E-state index in [1.165, 1.54) is 63.2 Å². The standard InChI is InChI=1S/C50H34N2OSSi/c1-3-17-38(18-4-1)55(39-19-5-2-6-20-39,41-22-12-16-36(31-41)42-24-13-25-44-43-23-8-10-27-48(43)54-49(42)44)40-21-11-15-34(30-40)35-28-29-47-45(32-35)51-50-52(47)46-26-9-7-14-37(46)33-53-50/h1-32H,33H2. The molecule has 0 fully saturated rings. The summed E-state index contributed by atoms with van der Waals surface area (Å²) in [5.74, 6) is 0. The van der Waals surface area contributed by atoms with E-state index in [9.17, 15) is 0 Å². The molecule has 55 heavy (non-hydrogen) atoms. The molecule has 2 aromatic heterocycles. The molecule has 0 bridgehead atoms. The number of ether oxygens (including phenoxy) is 1. The minimum atomic E-state index is -2.87. The van der Waals surface area contributed by atoms with E-state index in [4.69, 9.17) is 9.72 Å². The van der Waals surface area contributed by atoms with Crippen molar-refractivity contribution in [1.29, 1.82) is 0 Å². The smallest absolute Gasteiger partial charge is 0.302 e. The van der Waals surface area contributed by atoms with Crippen LogP contribution in [0.25, 0.3) is 59.1 Å². The van der Waals surface area contributed by atoms with Gasteiger partial charge in [-0.25, -0.2) is 0 Å². The molecule has 0 spiro atoms. The van der Waals surface area contributed by atoms with Crippen LogP contribution < -0.4 is 25.5 Å². The van der Waals surface area contributed by atoms with Crippen molar-refractivity contribution in [2.24, 2.45) is 0 Å². The number of nitrogens with zero attached hydrogens (tertiary/aromatic N) is 2. The highest BCUT2D eigenvalue weighted by Gasteiger charge is 2.41. The SMILES string of the molecule is c1ccc([Si](c2ccccc2)(c2cccc(-c3ccc4c(c3)nc3n4-c4ccccc4CO3)c2)c2cccc(-c3cccc4c3sc3ccccc34)c2)cc1. The Bertz CT molecular complexity index is 3020. The van der Waals surface area contributed by atoms with E-state index in [1.807, 2.05) is 11.3 Å². The summed E-state index contributed by atoms with van der Waals surface area (Å²) in [6.07, 6.45) is 0. The van der Waals surface area contributed by atoms with Gasteiger partial charge in [0.25, 0.3) is 0 Å². The van der Waals surface area contributed by atoms with Crippen LogP contribution >= 0.6 is 11.3 Å². The summed E-state index contributed by atoms with van der Waals surface area (Å²) in [4.78, 5) is 4.98. The van der Waals surface area contributed by atoms with Crippen LogP contribution in [-0.4, -0.2) is 17.6 Å². The highest BCUT2D eigenvalue weighted by molar-refractivity contribution is 7.26. The monoisotopic (exact) mass is 738 g/mol. The maximum absolute atomic E-state index is 6.13. The molecule has 1 aliphatic rings. The van der Waals surface area contributed by atoms with E-state index < -0.39 is 8.07 Å². The van der Waals surface area contributed by atoms with Crippen molar-refractivity contribution in [3.8, 4) is 34.0 Å². The zero-order valence-electron chi connectivity index (χ0n) is 29.9. The third-order valence-electron chi connectivity index (χ3n) is 11.3. The Morgan fingerprint density at radius 2 is 1.13 bits per heavy atom. The van der Waals surface area contributed by atoms with E-state index in [-0.39, 0.29) is 0 Å². The predicted octanol–water partition coefficient (Wildman–Crippen LogP) is 10.00. The summed E-state index contributed by atoms with van der Waals surface area (Å²) in [6, 6.07) is 72.3. The first kappa shape index (κ1) is 31.9. The van der Waals surface area contributed by atoms with Gasteiger partial charge in [-0.3, -0.25) is 4.57 Å². The molecule has 0 N–H and O–H groups in total. The lowest BCUT2D eigenvalue weighted by molar-refractivity contribution is 0.265. The second-order valence-corrected chi connectivity index (χ2v) is 19.1. The summed E-state index contributed by atoms with van der Waals surface area (Å²) in [7, 11) is -2.87. The van der Waals surface area contributed by atoms with Crippen molar-refractivity contribution in [1.82, 2.24) is 9.55 Å². The molecular formula is C50H34N2OSSi. The predicted molar refractivity (Wildman–Crippen MR) is 233 cm³/mol. The molecule has 5 heteroatoms. The summed E-state index contributed by atoms with van der Waals surface area (Å²) in [5, 5.41) is 8.03. The lowest BCUT2D eigenvalue weighted by Crippen LogP contribution is -2.74. The maximum atomic E-state index is 6.13. The number of rotatable bonds is 6. The molecule has 260 valence electrons. The Morgan fingerprint density at radius 3 is 1.93 bits per heavy atom. The van der Waals surface area contributed by atoms with Crippen molar-refractivity contribution in [2.45, 2.75) is 6.61 Å². The zero-order chi connectivity index (χ0) is 36.3. The van der Waals surface area contributed by atoms with Crippen molar-refractivity contribution in [3.63, 3.8) is 0 Å². The molecule has 3 heterocycles. The van der Waals surface area contributed by atoms with Gasteiger partial charge in [-0.2, -0.15) is 4.98 Å². The normalized spacial score (nSPS) is 12.4. The number of para-hydroxylation sites is 1. The molecule has 0 amide bonds. The minimum Gasteiger partial charge on any atom is -0.459 e. The maximum Gasteiger partial charge on any atom is 0.302 e. The van der Waals surface area contributed by atoms with Crippen LogP contribution in [0.15, 0.2) is 194 Å². The van der Waals surface area contributed by atoms with Crippen LogP contribution in [0, 0.1) is 0 Å². The molecule has 0 atom stereocenters. The Balaban J connectivity index is 1.11. The number of fused-ring (bicyclic) bond motifs is 8. The average molecular weight is 739 g/mol. The molecule has 3 nitrogen and oxygen atoms in total. The number of hydrogen-bond acceptors (Lipinski definition) is 3. The average Bonchev–Trinajstić information content (AvgIpc) is 3.84. The Hall–Kier alpha value is -6.53. The highest BCUT2D eigenvalue weighted by atomic mass is 32.1. The molecule has 1 aliphatic heterocycles. The fourth-order valence-electron chi connectivity index (χ4n) is 8.76. The fraction of sp³-hybridized carbons (Fsp3) is 0.0200. The molecule has 0 saturated carbocycles. The number of hydrogen-bond donors (Lipinski definition) is 0. The van der Waals surface area contributed by atoms with Crippen molar-refractivity contribution in [3.05, 3.63) is 200 Å². The zero-order valence-corrected chi connectivity index (χ0v) is 31.7. The van der Waals surface area contributed by atoms with E-state index in [0.29, 0.717) is 12.6 Å². The summed E-state index contributed by atoms with van der Waals surface area (Å²) in [5.41, 5.74) is 9.09. The van der Waals surface area contributed by atoms with Crippen LogP contribution in [0.5, 0.6) is 6.01 Å². The number of benzene rings is 8. The van der Waals surface area contributed by atoms with Crippen LogP contribution in [-0.2, 0) is 6.61 Å². The Morgan fingerprint density at radius 1 is 0.509 bits per heavy atom. The second-order valence-electron chi connectivity index (χ2n) is 14.3. The number of aromatic nitrogens is 2. The van der Waals surface area contributed by atoms with Gasteiger partial charge in [-0.1, -0.05) is 170 Å². The highest BCUT2D eigenvalue weighted by Crippen LogP contribution is 2.40. The summed E-state index contributed by atoms with van der Waals surface area (Å²) < 4.78 is 10.9. The number of imidazole rings is 1. The van der Waals surface area contributed by atoms with E-state index >= 15 is 0 Å². The van der Waals surface area contributed by atoms with Crippen LogP contribution in [0.1, 0.15) is 5.56 Å². The van der Waals surface area contributed by atoms with Gasteiger partial charge in [0.15, 0.2) is 8.07 Å². The Kier molecular flexibility index (Phi) is 7.44. The summed E-state index contributed by atoms with van der Waals surface area (Å²) >= 11 is 1.89. The van der Waals surface area contributed by atoms with Gasteiger partial charge in [0, 0.05) is 25.7 Å². The van der Waals surface area contributed by atoms with Gasteiger partial charge >= 0.3 is 6.01 Å². The quantitative estimate of drug-likeness (QED) is 0.126. The van der Waals surface area contributed by atoms with Gasteiger partial charge in [0.1, 0.15) is 6.61 Å². The molecular weight excluding hydrogens is 705 g/mol. The van der Waals surface area contributed by atoms with Crippen LogP contribution in [0.2, 0.25) is 0 Å². The van der Waals surface area contributed by atoms with Crippen molar-refractivity contribution < 1.29 is 4.74 Å². The van der Waals surface area contributed by atoms with Gasteiger partial charge in [0.05, 0.1) is 16.7 Å². The second kappa shape index (κ2) is 12.8. The first-order valence-corrected chi connectivity index (χ1v) is 21.5. The van der Waals surface area contributed by atoms with Crippen molar-refractivity contribution >= 4 is 71.4 Å². The van der Waals surface area contributed by atoms with Crippen LogP contribution in [0.4, 0.5) is 0 Å². The largest absolute Gasteiger partial charge is 0.459 e. The first-order chi connectivity index (χ1) is 27.3. The lowest BCUT2D eigenvalue weighted by Gasteiger charge is -2.35.